The minimum atomic E-state index is -0.417. The normalized spacial score (nSPS) is 11.1. The predicted octanol–water partition coefficient (Wildman–Crippen LogP) is 1.30. The number of carbonyl (C=O) groups excluding carboxylic acids is 1. The number of carbonyl (C=O) groups is 1. The second-order valence-corrected chi connectivity index (χ2v) is 4.69. The van der Waals surface area contributed by atoms with Gasteiger partial charge in [-0.3, -0.25) is 4.79 Å². The van der Waals surface area contributed by atoms with Crippen molar-refractivity contribution in [3.05, 3.63) is 17.0 Å². The first-order chi connectivity index (χ1) is 6.89. The highest BCUT2D eigenvalue weighted by Crippen LogP contribution is 2.17. The summed E-state index contributed by atoms with van der Waals surface area (Å²) >= 11 is 3.24. The zero-order valence-corrected chi connectivity index (χ0v) is 10.2. The number of primary amides is 1. The molecule has 0 atom stereocenters. The smallest absolute Gasteiger partial charge is 0.219 e. The largest absolute Gasteiger partial charge is 0.370 e. The van der Waals surface area contributed by atoms with Gasteiger partial charge in [-0.05, 0) is 29.8 Å². The van der Waals surface area contributed by atoms with E-state index in [0.29, 0.717) is 10.4 Å². The summed E-state index contributed by atoms with van der Waals surface area (Å²) in [5, 5.41) is 3.11. The van der Waals surface area contributed by atoms with Gasteiger partial charge in [0.15, 0.2) is 0 Å². The molecule has 1 amide bonds. The second kappa shape index (κ2) is 4.57. The lowest BCUT2D eigenvalue weighted by atomic mass is 10.0. The summed E-state index contributed by atoms with van der Waals surface area (Å²) in [5.41, 5.74) is 4.72. The van der Waals surface area contributed by atoms with Gasteiger partial charge in [0.2, 0.25) is 5.91 Å². The minimum absolute atomic E-state index is 0.245. The zero-order chi connectivity index (χ0) is 11.5. The van der Waals surface area contributed by atoms with Gasteiger partial charge in [0.1, 0.15) is 16.7 Å². The fraction of sp³-hybridized carbons (Fsp3) is 0.444. The molecule has 0 unspecified atom stereocenters. The first kappa shape index (κ1) is 11.9. The molecule has 0 radical (unpaired) electrons. The van der Waals surface area contributed by atoms with E-state index in [9.17, 15) is 4.79 Å². The highest BCUT2D eigenvalue weighted by Gasteiger charge is 2.20. The molecular formula is C9H13BrN4O. The highest BCUT2D eigenvalue weighted by atomic mass is 79.9. The predicted molar refractivity (Wildman–Crippen MR) is 61.2 cm³/mol. The van der Waals surface area contributed by atoms with Crippen LogP contribution in [0.25, 0.3) is 0 Å². The average Bonchev–Trinajstić information content (AvgIpc) is 1.99. The van der Waals surface area contributed by atoms with Crippen molar-refractivity contribution < 1.29 is 4.79 Å². The maximum atomic E-state index is 10.8. The molecular weight excluding hydrogens is 260 g/mol. The van der Waals surface area contributed by atoms with Crippen molar-refractivity contribution in [3.63, 3.8) is 0 Å². The van der Waals surface area contributed by atoms with Crippen molar-refractivity contribution in [2.24, 2.45) is 5.73 Å². The number of nitrogens with zero attached hydrogens (tertiary/aromatic N) is 2. The fourth-order valence-corrected chi connectivity index (χ4v) is 1.54. The zero-order valence-electron chi connectivity index (χ0n) is 8.62. The Hall–Kier alpha value is -1.17. The van der Waals surface area contributed by atoms with Gasteiger partial charge in [-0.1, -0.05) is 0 Å². The lowest BCUT2D eigenvalue weighted by Gasteiger charge is -2.25. The van der Waals surface area contributed by atoms with E-state index >= 15 is 0 Å². The van der Waals surface area contributed by atoms with Crippen LogP contribution >= 0.6 is 15.9 Å². The maximum absolute atomic E-state index is 10.8. The number of rotatable bonds is 4. The summed E-state index contributed by atoms with van der Waals surface area (Å²) in [4.78, 5) is 18.7. The van der Waals surface area contributed by atoms with Gasteiger partial charge in [0.25, 0.3) is 0 Å². The molecule has 6 heteroatoms. The summed E-state index contributed by atoms with van der Waals surface area (Å²) in [6.07, 6.45) is 1.68. The quantitative estimate of drug-likeness (QED) is 0.810. The van der Waals surface area contributed by atoms with Crippen LogP contribution in [0.15, 0.2) is 17.0 Å². The Morgan fingerprint density at radius 2 is 2.27 bits per heavy atom. The highest BCUT2D eigenvalue weighted by molar-refractivity contribution is 9.10. The Labute approximate surface area is 96.6 Å². The number of nitrogens with one attached hydrogen (secondary N) is 1. The molecule has 1 aromatic rings. The Kier molecular flexibility index (Phi) is 3.62. The van der Waals surface area contributed by atoms with E-state index in [1.165, 1.54) is 6.33 Å². The summed E-state index contributed by atoms with van der Waals surface area (Å²) in [5.74, 6) is 0.309. The molecule has 1 rings (SSSR count). The van der Waals surface area contributed by atoms with Crippen molar-refractivity contribution in [3.8, 4) is 0 Å². The molecule has 5 nitrogen and oxygen atoms in total. The average molecular weight is 273 g/mol. The summed E-state index contributed by atoms with van der Waals surface area (Å²) in [6.45, 7) is 3.77. The molecule has 0 spiro atoms. The third-order valence-corrected chi connectivity index (χ3v) is 2.15. The monoisotopic (exact) mass is 272 g/mol. The van der Waals surface area contributed by atoms with E-state index in [-0.39, 0.29) is 12.3 Å². The molecule has 3 N–H and O–H groups in total. The van der Waals surface area contributed by atoms with E-state index < -0.39 is 5.54 Å². The SMILES string of the molecule is CC(C)(CC(N)=O)Nc1cc(Br)ncn1. The van der Waals surface area contributed by atoms with E-state index in [1.807, 2.05) is 13.8 Å². The molecule has 82 valence electrons. The molecule has 0 aliphatic heterocycles. The third kappa shape index (κ3) is 4.24. The topological polar surface area (TPSA) is 80.9 Å². The Morgan fingerprint density at radius 3 is 2.80 bits per heavy atom. The number of aromatic nitrogens is 2. The van der Waals surface area contributed by atoms with Crippen molar-refractivity contribution >= 4 is 27.7 Å². The Bertz CT molecular complexity index is 367. The molecule has 0 saturated carbocycles. The van der Waals surface area contributed by atoms with Crippen LogP contribution < -0.4 is 11.1 Å². The lowest BCUT2D eigenvalue weighted by molar-refractivity contribution is -0.118. The number of halogens is 1. The number of hydrogen-bond donors (Lipinski definition) is 2. The second-order valence-electron chi connectivity index (χ2n) is 3.88. The first-order valence-electron chi connectivity index (χ1n) is 4.43. The number of nitrogens with two attached hydrogens (primary N) is 1. The van der Waals surface area contributed by atoms with Crippen LogP contribution in [0, 0.1) is 0 Å². The van der Waals surface area contributed by atoms with Crippen LogP contribution in [-0.2, 0) is 4.79 Å². The summed E-state index contributed by atoms with van der Waals surface area (Å²) < 4.78 is 0.690. The molecule has 0 saturated heterocycles. The van der Waals surface area contributed by atoms with E-state index in [2.05, 4.69) is 31.2 Å². The van der Waals surface area contributed by atoms with Crippen LogP contribution in [-0.4, -0.2) is 21.4 Å². The first-order valence-corrected chi connectivity index (χ1v) is 5.22. The molecule has 1 aromatic heterocycles. The van der Waals surface area contributed by atoms with Gasteiger partial charge in [0.05, 0.1) is 0 Å². The molecule has 0 fully saturated rings. The number of anilines is 1. The van der Waals surface area contributed by atoms with Crippen LogP contribution in [0.4, 0.5) is 5.82 Å². The Morgan fingerprint density at radius 1 is 1.60 bits per heavy atom. The van der Waals surface area contributed by atoms with Crippen LogP contribution in [0.3, 0.4) is 0 Å². The minimum Gasteiger partial charge on any atom is -0.370 e. The molecule has 0 aromatic carbocycles. The van der Waals surface area contributed by atoms with Crippen LogP contribution in [0.5, 0.6) is 0 Å². The van der Waals surface area contributed by atoms with Gasteiger partial charge in [-0.15, -0.1) is 0 Å². The van der Waals surface area contributed by atoms with Crippen LogP contribution in [0.2, 0.25) is 0 Å². The third-order valence-electron chi connectivity index (χ3n) is 1.72. The van der Waals surface area contributed by atoms with Crippen molar-refractivity contribution in [1.29, 1.82) is 0 Å². The van der Waals surface area contributed by atoms with E-state index in [4.69, 9.17) is 5.73 Å². The molecule has 15 heavy (non-hydrogen) atoms. The van der Waals surface area contributed by atoms with Gasteiger partial charge >= 0.3 is 0 Å². The van der Waals surface area contributed by atoms with Gasteiger partial charge in [0, 0.05) is 18.0 Å². The van der Waals surface area contributed by atoms with Crippen LogP contribution in [0.1, 0.15) is 20.3 Å². The van der Waals surface area contributed by atoms with Gasteiger partial charge in [-0.2, -0.15) is 0 Å². The molecule has 0 aliphatic carbocycles. The van der Waals surface area contributed by atoms with Gasteiger partial charge in [-0.25, -0.2) is 9.97 Å². The molecule has 0 aliphatic rings. The van der Waals surface area contributed by atoms with Crippen molar-refractivity contribution in [2.75, 3.05) is 5.32 Å². The molecule has 1 heterocycles. The standard InChI is InChI=1S/C9H13BrN4O/c1-9(2,4-7(11)15)14-8-3-6(10)12-5-13-8/h3,5H,4H2,1-2H3,(H2,11,15)(H,12,13,14). The van der Waals surface area contributed by atoms with Gasteiger partial charge < -0.3 is 11.1 Å². The summed E-state index contributed by atoms with van der Waals surface area (Å²) in [7, 11) is 0. The van der Waals surface area contributed by atoms with E-state index in [1.54, 1.807) is 6.07 Å². The van der Waals surface area contributed by atoms with E-state index in [0.717, 1.165) is 0 Å². The van der Waals surface area contributed by atoms with Crippen molar-refractivity contribution in [1.82, 2.24) is 9.97 Å². The maximum Gasteiger partial charge on any atom is 0.219 e. The fourth-order valence-electron chi connectivity index (χ4n) is 1.23. The number of hydrogen-bond acceptors (Lipinski definition) is 4. The lowest BCUT2D eigenvalue weighted by Crippen LogP contribution is -2.36. The number of amides is 1. The Balaban J connectivity index is 2.72. The van der Waals surface area contributed by atoms with Crippen molar-refractivity contribution in [2.45, 2.75) is 25.8 Å². The molecule has 0 bridgehead atoms. The summed E-state index contributed by atoms with van der Waals surface area (Å²) in [6, 6.07) is 1.74.